The standard InChI is InChI=1S/C13H13NO3/c1-7-5-11(17-3)8(2)4-9(7)10-6-12(15)14-13(10)16/h4-6H,1-3H3,(H,14,15,16). The molecule has 4 heteroatoms. The van der Waals surface area contributed by atoms with Crippen LogP contribution in [-0.2, 0) is 9.59 Å². The average Bonchev–Trinajstić information content (AvgIpc) is 2.60. The van der Waals surface area contributed by atoms with Gasteiger partial charge in [-0.05, 0) is 42.7 Å². The van der Waals surface area contributed by atoms with Crippen LogP contribution in [0, 0.1) is 13.8 Å². The normalized spacial score (nSPS) is 14.6. The molecule has 1 heterocycles. The molecule has 1 aromatic rings. The highest BCUT2D eigenvalue weighted by atomic mass is 16.5. The molecule has 17 heavy (non-hydrogen) atoms. The van der Waals surface area contributed by atoms with Crippen LogP contribution in [0.3, 0.4) is 0 Å². The highest BCUT2D eigenvalue weighted by Gasteiger charge is 2.23. The number of nitrogens with one attached hydrogen (secondary N) is 1. The van der Waals surface area contributed by atoms with Crippen LogP contribution in [0.5, 0.6) is 5.75 Å². The Morgan fingerprint density at radius 1 is 1.12 bits per heavy atom. The number of benzene rings is 1. The second-order valence-corrected chi connectivity index (χ2v) is 4.01. The van der Waals surface area contributed by atoms with Crippen LogP contribution in [0.25, 0.3) is 5.57 Å². The third-order valence-electron chi connectivity index (χ3n) is 2.79. The van der Waals surface area contributed by atoms with E-state index in [0.717, 1.165) is 22.4 Å². The predicted octanol–water partition coefficient (Wildman–Crippen LogP) is 1.35. The lowest BCUT2D eigenvalue weighted by Gasteiger charge is -2.10. The first kappa shape index (κ1) is 11.4. The van der Waals surface area contributed by atoms with Crippen LogP contribution >= 0.6 is 0 Å². The van der Waals surface area contributed by atoms with E-state index in [4.69, 9.17) is 4.74 Å². The van der Waals surface area contributed by atoms with Gasteiger partial charge in [-0.15, -0.1) is 0 Å². The summed E-state index contributed by atoms with van der Waals surface area (Å²) >= 11 is 0. The van der Waals surface area contributed by atoms with E-state index in [0.29, 0.717) is 5.57 Å². The summed E-state index contributed by atoms with van der Waals surface area (Å²) < 4.78 is 5.20. The minimum Gasteiger partial charge on any atom is -0.496 e. The molecule has 0 radical (unpaired) electrons. The summed E-state index contributed by atoms with van der Waals surface area (Å²) in [4.78, 5) is 22.7. The van der Waals surface area contributed by atoms with Gasteiger partial charge in [-0.2, -0.15) is 0 Å². The summed E-state index contributed by atoms with van der Waals surface area (Å²) in [5.41, 5.74) is 3.02. The fourth-order valence-electron chi connectivity index (χ4n) is 1.91. The van der Waals surface area contributed by atoms with Gasteiger partial charge in [0, 0.05) is 6.08 Å². The van der Waals surface area contributed by atoms with Crippen molar-refractivity contribution in [1.29, 1.82) is 0 Å². The molecule has 0 aliphatic carbocycles. The topological polar surface area (TPSA) is 55.4 Å². The van der Waals surface area contributed by atoms with Crippen molar-refractivity contribution in [3.05, 3.63) is 34.9 Å². The third kappa shape index (κ3) is 1.93. The van der Waals surface area contributed by atoms with Crippen molar-refractivity contribution in [3.8, 4) is 5.75 Å². The van der Waals surface area contributed by atoms with Gasteiger partial charge in [0.2, 0.25) is 0 Å². The van der Waals surface area contributed by atoms with E-state index in [1.165, 1.54) is 6.08 Å². The Kier molecular flexibility index (Phi) is 2.71. The van der Waals surface area contributed by atoms with Gasteiger partial charge in [-0.1, -0.05) is 0 Å². The van der Waals surface area contributed by atoms with E-state index in [1.54, 1.807) is 7.11 Å². The molecule has 2 amide bonds. The molecule has 2 rings (SSSR count). The molecule has 0 aromatic heterocycles. The van der Waals surface area contributed by atoms with Crippen molar-refractivity contribution in [3.63, 3.8) is 0 Å². The van der Waals surface area contributed by atoms with E-state index in [-0.39, 0.29) is 11.8 Å². The zero-order valence-corrected chi connectivity index (χ0v) is 9.96. The van der Waals surface area contributed by atoms with Gasteiger partial charge in [0.15, 0.2) is 0 Å². The number of rotatable bonds is 2. The Bertz CT molecular complexity index is 544. The first-order chi connectivity index (χ1) is 8.02. The fraction of sp³-hybridized carbons (Fsp3) is 0.231. The van der Waals surface area contributed by atoms with Crippen molar-refractivity contribution in [2.75, 3.05) is 7.11 Å². The number of carbonyl (C=O) groups is 2. The largest absolute Gasteiger partial charge is 0.496 e. The van der Waals surface area contributed by atoms with E-state index in [2.05, 4.69) is 5.32 Å². The Morgan fingerprint density at radius 3 is 2.35 bits per heavy atom. The van der Waals surface area contributed by atoms with Gasteiger partial charge in [-0.25, -0.2) is 0 Å². The zero-order valence-electron chi connectivity index (χ0n) is 9.96. The average molecular weight is 231 g/mol. The second-order valence-electron chi connectivity index (χ2n) is 4.01. The van der Waals surface area contributed by atoms with Crippen LogP contribution in [0.1, 0.15) is 16.7 Å². The minimum absolute atomic E-state index is 0.345. The molecule has 1 aromatic carbocycles. The summed E-state index contributed by atoms with van der Waals surface area (Å²) in [7, 11) is 1.60. The van der Waals surface area contributed by atoms with E-state index < -0.39 is 0 Å². The number of ether oxygens (including phenoxy) is 1. The van der Waals surface area contributed by atoms with Crippen molar-refractivity contribution in [2.24, 2.45) is 0 Å². The number of hydrogen-bond donors (Lipinski definition) is 1. The van der Waals surface area contributed by atoms with Crippen molar-refractivity contribution >= 4 is 17.4 Å². The van der Waals surface area contributed by atoms with Gasteiger partial charge in [0.25, 0.3) is 11.8 Å². The van der Waals surface area contributed by atoms with Crippen LogP contribution in [0.4, 0.5) is 0 Å². The molecular formula is C13H13NO3. The minimum atomic E-state index is -0.363. The van der Waals surface area contributed by atoms with Crippen LogP contribution in [0.2, 0.25) is 0 Å². The Labute approximate surface area is 99.3 Å². The first-order valence-corrected chi connectivity index (χ1v) is 5.25. The van der Waals surface area contributed by atoms with Crippen molar-refractivity contribution in [2.45, 2.75) is 13.8 Å². The van der Waals surface area contributed by atoms with E-state index in [1.807, 2.05) is 26.0 Å². The van der Waals surface area contributed by atoms with Crippen LogP contribution < -0.4 is 10.1 Å². The molecule has 1 aliphatic rings. The van der Waals surface area contributed by atoms with Gasteiger partial charge in [0.1, 0.15) is 5.75 Å². The maximum atomic E-state index is 11.6. The molecule has 88 valence electrons. The van der Waals surface area contributed by atoms with Crippen molar-refractivity contribution in [1.82, 2.24) is 5.32 Å². The smallest absolute Gasteiger partial charge is 0.258 e. The maximum absolute atomic E-state index is 11.6. The molecule has 0 unspecified atom stereocenters. The lowest BCUT2D eigenvalue weighted by atomic mass is 9.98. The third-order valence-corrected chi connectivity index (χ3v) is 2.79. The van der Waals surface area contributed by atoms with Crippen LogP contribution in [-0.4, -0.2) is 18.9 Å². The molecule has 0 saturated carbocycles. The molecule has 0 saturated heterocycles. The molecule has 0 spiro atoms. The summed E-state index contributed by atoms with van der Waals surface area (Å²) in [6, 6.07) is 3.72. The molecule has 4 nitrogen and oxygen atoms in total. The second kappa shape index (κ2) is 4.05. The van der Waals surface area contributed by atoms with E-state index >= 15 is 0 Å². The Hall–Kier alpha value is -2.10. The molecule has 0 fully saturated rings. The highest BCUT2D eigenvalue weighted by Crippen LogP contribution is 2.28. The van der Waals surface area contributed by atoms with Gasteiger partial charge < -0.3 is 4.74 Å². The number of amides is 2. The molecule has 1 aliphatic heterocycles. The molecule has 0 atom stereocenters. The van der Waals surface area contributed by atoms with E-state index in [9.17, 15) is 9.59 Å². The monoisotopic (exact) mass is 231 g/mol. The lowest BCUT2D eigenvalue weighted by molar-refractivity contribution is -0.123. The maximum Gasteiger partial charge on any atom is 0.258 e. The summed E-state index contributed by atoms with van der Waals surface area (Å²) in [5.74, 6) is 0.0668. The van der Waals surface area contributed by atoms with Gasteiger partial charge >= 0.3 is 0 Å². The fourth-order valence-corrected chi connectivity index (χ4v) is 1.91. The quantitative estimate of drug-likeness (QED) is 0.782. The Morgan fingerprint density at radius 2 is 1.82 bits per heavy atom. The summed E-state index contributed by atoms with van der Waals surface area (Å²) in [5, 5.41) is 2.24. The van der Waals surface area contributed by atoms with Crippen LogP contribution in [0.15, 0.2) is 18.2 Å². The van der Waals surface area contributed by atoms with Gasteiger partial charge in [0.05, 0.1) is 12.7 Å². The number of hydrogen-bond acceptors (Lipinski definition) is 3. The summed E-state index contributed by atoms with van der Waals surface area (Å²) in [6.45, 7) is 3.78. The SMILES string of the molecule is COc1cc(C)c(C2=CC(=O)NC2=O)cc1C. The molecule has 1 N–H and O–H groups in total. The molecule has 0 bridgehead atoms. The number of imide groups is 1. The van der Waals surface area contributed by atoms with Gasteiger partial charge in [-0.3, -0.25) is 14.9 Å². The number of aryl methyl sites for hydroxylation is 2. The summed E-state index contributed by atoms with van der Waals surface area (Å²) in [6.07, 6.45) is 1.33. The predicted molar refractivity (Wildman–Crippen MR) is 63.6 cm³/mol. The number of carbonyl (C=O) groups excluding carboxylic acids is 2. The highest BCUT2D eigenvalue weighted by molar-refractivity contribution is 6.33. The zero-order chi connectivity index (χ0) is 12.6. The first-order valence-electron chi connectivity index (χ1n) is 5.25. The number of methoxy groups -OCH3 is 1. The molecular weight excluding hydrogens is 218 g/mol. The van der Waals surface area contributed by atoms with Crippen molar-refractivity contribution < 1.29 is 14.3 Å². The lowest BCUT2D eigenvalue weighted by Crippen LogP contribution is -2.21. The Balaban J connectivity index is 2.54.